The first kappa shape index (κ1) is 32.5. The SMILES string of the molecule is CCCCCCCCCCCCCCCCSCC(CNCCC[N+](C)(C)C)NC(=O)NC. The minimum Gasteiger partial charge on any atom is -0.341 e. The zero-order chi connectivity index (χ0) is 24.6. The molecule has 0 aliphatic rings. The van der Waals surface area contributed by atoms with Crippen molar-refractivity contribution in [2.45, 2.75) is 109 Å². The van der Waals surface area contributed by atoms with E-state index in [2.05, 4.69) is 44.0 Å². The van der Waals surface area contributed by atoms with E-state index in [1.165, 1.54) is 95.6 Å². The van der Waals surface area contributed by atoms with Crippen LogP contribution in [-0.2, 0) is 0 Å². The number of nitrogens with zero attached hydrogens (tertiary/aromatic N) is 1. The highest BCUT2D eigenvalue weighted by molar-refractivity contribution is 7.99. The molecule has 5 nitrogen and oxygen atoms in total. The maximum Gasteiger partial charge on any atom is 0.314 e. The van der Waals surface area contributed by atoms with Gasteiger partial charge < -0.3 is 20.4 Å². The molecule has 0 aromatic carbocycles. The summed E-state index contributed by atoms with van der Waals surface area (Å²) in [6.07, 6.45) is 20.9. The topological polar surface area (TPSA) is 53.2 Å². The Bertz CT molecular complexity index is 429. The average Bonchev–Trinajstić information content (AvgIpc) is 2.77. The monoisotopic (exact) mass is 487 g/mol. The van der Waals surface area contributed by atoms with E-state index < -0.39 is 0 Å². The van der Waals surface area contributed by atoms with E-state index >= 15 is 0 Å². The number of carbonyl (C=O) groups excluding carboxylic acids is 1. The maximum atomic E-state index is 11.8. The van der Waals surface area contributed by atoms with Crippen LogP contribution in [0.2, 0.25) is 0 Å². The largest absolute Gasteiger partial charge is 0.341 e. The van der Waals surface area contributed by atoms with Crippen LogP contribution in [-0.4, -0.2) is 75.9 Å². The number of thioether (sulfide) groups is 1. The fourth-order valence-electron chi connectivity index (χ4n) is 3.99. The van der Waals surface area contributed by atoms with Crippen LogP contribution in [0.1, 0.15) is 103 Å². The van der Waals surface area contributed by atoms with Gasteiger partial charge in [-0.05, 0) is 12.2 Å². The number of unbranched alkanes of at least 4 members (excludes halogenated alkanes) is 13. The van der Waals surface area contributed by atoms with E-state index in [-0.39, 0.29) is 12.1 Å². The third-order valence-electron chi connectivity index (χ3n) is 6.10. The summed E-state index contributed by atoms with van der Waals surface area (Å²) < 4.78 is 0.997. The van der Waals surface area contributed by atoms with Crippen LogP contribution in [0.4, 0.5) is 4.79 Å². The minimum atomic E-state index is -0.0785. The van der Waals surface area contributed by atoms with Gasteiger partial charge in [0.25, 0.3) is 0 Å². The second kappa shape index (κ2) is 23.3. The lowest BCUT2D eigenvalue weighted by Gasteiger charge is -2.24. The van der Waals surface area contributed by atoms with Crippen LogP contribution in [0.3, 0.4) is 0 Å². The van der Waals surface area contributed by atoms with E-state index in [0.29, 0.717) is 0 Å². The zero-order valence-electron chi connectivity index (χ0n) is 23.0. The summed E-state index contributed by atoms with van der Waals surface area (Å²) in [4.78, 5) is 11.8. The molecule has 2 amide bonds. The van der Waals surface area contributed by atoms with Crippen molar-refractivity contribution in [1.82, 2.24) is 16.0 Å². The highest BCUT2D eigenvalue weighted by atomic mass is 32.2. The number of nitrogens with one attached hydrogen (secondary N) is 3. The lowest BCUT2D eigenvalue weighted by molar-refractivity contribution is -0.870. The van der Waals surface area contributed by atoms with Gasteiger partial charge in [0.05, 0.1) is 33.7 Å². The first-order valence-corrected chi connectivity index (χ1v) is 15.1. The van der Waals surface area contributed by atoms with Crippen molar-refractivity contribution in [2.24, 2.45) is 0 Å². The molecule has 0 radical (unpaired) electrons. The van der Waals surface area contributed by atoms with Gasteiger partial charge in [-0.25, -0.2) is 4.79 Å². The normalized spacial score (nSPS) is 12.6. The first-order valence-electron chi connectivity index (χ1n) is 14.0. The Morgan fingerprint density at radius 2 is 1.30 bits per heavy atom. The van der Waals surface area contributed by atoms with Crippen molar-refractivity contribution < 1.29 is 9.28 Å². The number of urea groups is 1. The third kappa shape index (κ3) is 26.0. The molecule has 1 unspecified atom stereocenters. The number of carbonyl (C=O) groups is 1. The Morgan fingerprint density at radius 1 is 0.788 bits per heavy atom. The molecule has 0 saturated heterocycles. The van der Waals surface area contributed by atoms with Gasteiger partial charge in [-0.1, -0.05) is 90.4 Å². The summed E-state index contributed by atoms with van der Waals surface area (Å²) in [6.45, 7) is 5.30. The molecule has 3 N–H and O–H groups in total. The van der Waals surface area contributed by atoms with Gasteiger partial charge in [0.1, 0.15) is 0 Å². The number of hydrogen-bond acceptors (Lipinski definition) is 3. The molecule has 0 aromatic heterocycles. The van der Waals surface area contributed by atoms with Gasteiger partial charge in [0, 0.05) is 32.3 Å². The molecular weight excluding hydrogens is 428 g/mol. The average molecular weight is 488 g/mol. The summed E-state index contributed by atoms with van der Waals surface area (Å²) in [5, 5.41) is 9.30. The van der Waals surface area contributed by atoms with Crippen LogP contribution in [0.15, 0.2) is 0 Å². The van der Waals surface area contributed by atoms with Crippen LogP contribution in [0.5, 0.6) is 0 Å². The second-order valence-corrected chi connectivity index (χ2v) is 11.8. The van der Waals surface area contributed by atoms with Crippen molar-refractivity contribution in [3.8, 4) is 0 Å². The molecule has 0 spiro atoms. The molecule has 0 aliphatic heterocycles. The van der Waals surface area contributed by atoms with Gasteiger partial charge in [0.2, 0.25) is 0 Å². The van der Waals surface area contributed by atoms with E-state index in [1.807, 2.05) is 11.8 Å². The van der Waals surface area contributed by atoms with Gasteiger partial charge in [-0.15, -0.1) is 0 Å². The first-order chi connectivity index (χ1) is 15.9. The van der Waals surface area contributed by atoms with Crippen molar-refractivity contribution in [2.75, 3.05) is 59.3 Å². The van der Waals surface area contributed by atoms with Crippen LogP contribution in [0.25, 0.3) is 0 Å². The molecule has 0 fully saturated rings. The molecule has 0 rings (SSSR count). The minimum absolute atomic E-state index is 0.0785. The third-order valence-corrected chi connectivity index (χ3v) is 7.31. The van der Waals surface area contributed by atoms with Crippen LogP contribution >= 0.6 is 11.8 Å². The highest BCUT2D eigenvalue weighted by Crippen LogP contribution is 2.14. The summed E-state index contributed by atoms with van der Waals surface area (Å²) in [5.41, 5.74) is 0. The predicted molar refractivity (Wildman–Crippen MR) is 149 cm³/mol. The Hall–Kier alpha value is -0.460. The Labute approximate surface area is 211 Å². The molecule has 0 aromatic rings. The van der Waals surface area contributed by atoms with E-state index in [1.54, 1.807) is 7.05 Å². The van der Waals surface area contributed by atoms with E-state index in [0.717, 1.165) is 36.3 Å². The van der Waals surface area contributed by atoms with Gasteiger partial charge >= 0.3 is 6.03 Å². The number of quaternary nitrogens is 1. The molecular formula is C27H59N4OS+. The second-order valence-electron chi connectivity index (χ2n) is 10.7. The summed E-state index contributed by atoms with van der Waals surface area (Å²) in [7, 11) is 8.36. The quantitative estimate of drug-likeness (QED) is 0.112. The highest BCUT2D eigenvalue weighted by Gasteiger charge is 2.12. The van der Waals surface area contributed by atoms with Crippen LogP contribution in [0, 0.1) is 0 Å². The maximum absolute atomic E-state index is 11.8. The Balaban J connectivity index is 3.60. The molecule has 0 heterocycles. The molecule has 198 valence electrons. The van der Waals surface area contributed by atoms with Crippen molar-refractivity contribution in [3.05, 3.63) is 0 Å². The lowest BCUT2D eigenvalue weighted by atomic mass is 10.0. The summed E-state index contributed by atoms with van der Waals surface area (Å²) in [6, 6.07) is 0.107. The molecule has 0 bridgehead atoms. The molecule has 0 saturated carbocycles. The van der Waals surface area contributed by atoms with E-state index in [4.69, 9.17) is 0 Å². The lowest BCUT2D eigenvalue weighted by Crippen LogP contribution is -2.47. The fourth-order valence-corrected chi connectivity index (χ4v) is 5.05. The Kier molecular flexibility index (Phi) is 23.0. The van der Waals surface area contributed by atoms with Crippen molar-refractivity contribution >= 4 is 17.8 Å². The Morgan fingerprint density at radius 3 is 1.79 bits per heavy atom. The molecule has 33 heavy (non-hydrogen) atoms. The van der Waals surface area contributed by atoms with Gasteiger partial charge in [-0.2, -0.15) is 11.8 Å². The fraction of sp³-hybridized carbons (Fsp3) is 0.963. The molecule has 0 aliphatic carbocycles. The smallest absolute Gasteiger partial charge is 0.314 e. The van der Waals surface area contributed by atoms with Gasteiger partial charge in [-0.3, -0.25) is 0 Å². The predicted octanol–water partition coefficient (Wildman–Crippen LogP) is 6.18. The molecule has 6 heteroatoms. The number of rotatable bonds is 24. The van der Waals surface area contributed by atoms with Crippen molar-refractivity contribution in [1.29, 1.82) is 0 Å². The zero-order valence-corrected chi connectivity index (χ0v) is 23.8. The number of amides is 2. The van der Waals surface area contributed by atoms with Crippen molar-refractivity contribution in [3.63, 3.8) is 0 Å². The summed E-state index contributed by atoms with van der Waals surface area (Å²) in [5.74, 6) is 2.18. The molecule has 1 atom stereocenters. The van der Waals surface area contributed by atoms with Gasteiger partial charge in [0.15, 0.2) is 0 Å². The van der Waals surface area contributed by atoms with Crippen LogP contribution < -0.4 is 16.0 Å². The summed E-state index contributed by atoms with van der Waals surface area (Å²) >= 11 is 1.98. The number of hydrogen-bond donors (Lipinski definition) is 3. The van der Waals surface area contributed by atoms with E-state index in [9.17, 15) is 4.79 Å². The standard InChI is InChI=1S/C27H58N4OS/c1-6-7-8-9-10-11-12-13-14-15-16-17-18-19-23-33-25-26(30-27(32)28-2)24-29-21-20-22-31(3,4)5/h26,29H,6-25H2,1-5H3,(H-,28,30,32)/p+1.